The molecule has 3 aromatic rings. The Hall–Kier alpha value is -2.68. The van der Waals surface area contributed by atoms with Crippen molar-refractivity contribution < 1.29 is 19.1 Å². The molecule has 0 radical (unpaired) electrons. The van der Waals surface area contributed by atoms with Crippen LogP contribution in [0.1, 0.15) is 11.1 Å². The van der Waals surface area contributed by atoms with Crippen molar-refractivity contribution in [2.45, 2.75) is 6.61 Å². The average Bonchev–Trinajstić information content (AvgIpc) is 3.08. The van der Waals surface area contributed by atoms with Crippen LogP contribution in [-0.4, -0.2) is 28.5 Å². The number of benzene rings is 3. The molecular weight excluding hydrogens is 566 g/mol. The van der Waals surface area contributed by atoms with Gasteiger partial charge in [-0.05, 0) is 53.7 Å². The summed E-state index contributed by atoms with van der Waals surface area (Å²) in [5, 5.41) is 3.35. The summed E-state index contributed by atoms with van der Waals surface area (Å²) in [5.74, 6) is -0.900. The second kappa shape index (κ2) is 11.6. The molecule has 6 nitrogen and oxygen atoms in total. The van der Waals surface area contributed by atoms with E-state index in [4.69, 9.17) is 51.1 Å². The number of carbonyl (C=O) groups is 3. The van der Waals surface area contributed by atoms with Crippen LogP contribution in [-0.2, 0) is 16.2 Å². The van der Waals surface area contributed by atoms with Crippen LogP contribution in [0.2, 0.25) is 20.1 Å². The second-order valence-electron chi connectivity index (χ2n) is 7.49. The number of ether oxygens (including phenoxy) is 1. The van der Waals surface area contributed by atoms with E-state index in [0.29, 0.717) is 33.1 Å². The number of rotatable bonds is 7. The number of nitrogens with one attached hydrogen (secondary N) is 1. The van der Waals surface area contributed by atoms with Gasteiger partial charge in [-0.3, -0.25) is 19.3 Å². The molecule has 0 spiro atoms. The molecule has 184 valence electrons. The maximum atomic E-state index is 12.8. The summed E-state index contributed by atoms with van der Waals surface area (Å²) in [6, 6.07) is 17.0. The number of imide groups is 1. The van der Waals surface area contributed by atoms with Crippen molar-refractivity contribution in [2.24, 2.45) is 0 Å². The van der Waals surface area contributed by atoms with E-state index in [9.17, 15) is 14.4 Å². The van der Waals surface area contributed by atoms with Gasteiger partial charge < -0.3 is 10.1 Å². The summed E-state index contributed by atoms with van der Waals surface area (Å²) >= 11 is 25.7. The third-order valence-electron chi connectivity index (χ3n) is 4.97. The lowest BCUT2D eigenvalue weighted by molar-refractivity contribution is -0.127. The van der Waals surface area contributed by atoms with Crippen LogP contribution in [0.15, 0.2) is 65.6 Å². The zero-order valence-electron chi connectivity index (χ0n) is 18.3. The van der Waals surface area contributed by atoms with Gasteiger partial charge in [0.15, 0.2) is 5.75 Å². The molecule has 11 heteroatoms. The van der Waals surface area contributed by atoms with Crippen LogP contribution >= 0.6 is 58.2 Å². The fourth-order valence-corrected chi connectivity index (χ4v) is 5.07. The first kappa shape index (κ1) is 26.4. The molecule has 4 rings (SSSR count). The SMILES string of the molecule is O=C(CN1C(=O)S/C(=C/c2cc(Cl)c(OCc3ccccc3Cl)c(Cl)c2)C1=O)Nc1ccccc1Cl. The fourth-order valence-electron chi connectivity index (χ4n) is 3.25. The van der Waals surface area contributed by atoms with Crippen LogP contribution in [0.5, 0.6) is 5.75 Å². The van der Waals surface area contributed by atoms with Gasteiger partial charge in [-0.1, -0.05) is 76.7 Å². The first-order valence-corrected chi connectivity index (χ1v) is 12.7. The van der Waals surface area contributed by atoms with E-state index < -0.39 is 23.6 Å². The molecule has 3 amide bonds. The predicted molar refractivity (Wildman–Crippen MR) is 145 cm³/mol. The number of hydrogen-bond acceptors (Lipinski definition) is 5. The highest BCUT2D eigenvalue weighted by Crippen LogP contribution is 2.38. The lowest BCUT2D eigenvalue weighted by Crippen LogP contribution is -2.36. The Kier molecular flexibility index (Phi) is 8.49. The van der Waals surface area contributed by atoms with Gasteiger partial charge in [0, 0.05) is 10.6 Å². The van der Waals surface area contributed by atoms with Crippen molar-refractivity contribution in [1.29, 1.82) is 0 Å². The fraction of sp³-hybridized carbons (Fsp3) is 0.0800. The molecule has 1 aliphatic rings. The molecule has 0 aromatic heterocycles. The molecule has 1 saturated heterocycles. The van der Waals surface area contributed by atoms with E-state index in [0.717, 1.165) is 10.5 Å². The highest BCUT2D eigenvalue weighted by Gasteiger charge is 2.36. The van der Waals surface area contributed by atoms with Crippen LogP contribution < -0.4 is 10.1 Å². The van der Waals surface area contributed by atoms with Crippen LogP contribution in [0, 0.1) is 0 Å². The number of carbonyl (C=O) groups excluding carboxylic acids is 3. The predicted octanol–water partition coefficient (Wildman–Crippen LogP) is 7.55. The lowest BCUT2D eigenvalue weighted by Gasteiger charge is -2.13. The van der Waals surface area contributed by atoms with Gasteiger partial charge in [0.25, 0.3) is 11.1 Å². The van der Waals surface area contributed by atoms with E-state index in [-0.39, 0.29) is 27.3 Å². The highest BCUT2D eigenvalue weighted by atomic mass is 35.5. The number of halogens is 4. The topological polar surface area (TPSA) is 75.7 Å². The Morgan fingerprint density at radius 1 is 0.917 bits per heavy atom. The van der Waals surface area contributed by atoms with Crippen molar-refractivity contribution in [1.82, 2.24) is 4.90 Å². The summed E-state index contributed by atoms with van der Waals surface area (Å²) < 4.78 is 5.76. The highest BCUT2D eigenvalue weighted by molar-refractivity contribution is 8.18. The summed E-state index contributed by atoms with van der Waals surface area (Å²) in [6.45, 7) is -0.294. The van der Waals surface area contributed by atoms with Gasteiger partial charge >= 0.3 is 0 Å². The molecule has 36 heavy (non-hydrogen) atoms. The van der Waals surface area contributed by atoms with Gasteiger partial charge in [0.2, 0.25) is 5.91 Å². The Labute approximate surface area is 231 Å². The molecule has 1 heterocycles. The van der Waals surface area contributed by atoms with Crippen LogP contribution in [0.25, 0.3) is 6.08 Å². The summed E-state index contributed by atoms with van der Waals surface area (Å²) in [7, 11) is 0. The Bertz CT molecular complexity index is 1370. The van der Waals surface area contributed by atoms with Crippen LogP contribution in [0.4, 0.5) is 10.5 Å². The summed E-state index contributed by atoms with van der Waals surface area (Å²) in [5.41, 5.74) is 1.64. The normalized spacial score (nSPS) is 14.4. The number of amides is 3. The molecule has 0 saturated carbocycles. The molecule has 0 unspecified atom stereocenters. The van der Waals surface area contributed by atoms with Gasteiger partial charge in [-0.15, -0.1) is 0 Å². The molecule has 0 aliphatic carbocycles. The Morgan fingerprint density at radius 2 is 1.56 bits per heavy atom. The number of thioether (sulfide) groups is 1. The molecule has 1 fully saturated rings. The monoisotopic (exact) mass is 580 g/mol. The maximum Gasteiger partial charge on any atom is 0.294 e. The standard InChI is InChI=1S/C25H16Cl4N2O4S/c26-16-6-2-1-5-15(16)13-35-23-18(28)9-14(10-19(23)29)11-21-24(33)31(25(34)36-21)12-22(32)30-20-8-4-3-7-17(20)27/h1-11H,12-13H2,(H,30,32)/b21-11+. The van der Waals surface area contributed by atoms with E-state index in [1.54, 1.807) is 42.5 Å². The minimum atomic E-state index is -0.606. The zero-order chi connectivity index (χ0) is 25.8. The number of anilines is 1. The number of nitrogens with zero attached hydrogens (tertiary/aromatic N) is 1. The third-order valence-corrected chi connectivity index (χ3v) is 7.14. The number of para-hydroxylation sites is 1. The Balaban J connectivity index is 1.45. The summed E-state index contributed by atoms with van der Waals surface area (Å²) in [6.07, 6.45) is 1.48. The first-order valence-electron chi connectivity index (χ1n) is 10.4. The smallest absolute Gasteiger partial charge is 0.294 e. The van der Waals surface area contributed by atoms with E-state index >= 15 is 0 Å². The zero-order valence-corrected chi connectivity index (χ0v) is 22.1. The van der Waals surface area contributed by atoms with E-state index in [1.165, 1.54) is 6.08 Å². The lowest BCUT2D eigenvalue weighted by atomic mass is 10.2. The van der Waals surface area contributed by atoms with Crippen molar-refractivity contribution in [3.63, 3.8) is 0 Å². The van der Waals surface area contributed by atoms with Gasteiger partial charge in [0.1, 0.15) is 13.2 Å². The third kappa shape index (κ3) is 6.17. The molecule has 0 atom stereocenters. The summed E-state index contributed by atoms with van der Waals surface area (Å²) in [4.78, 5) is 38.6. The maximum absolute atomic E-state index is 12.8. The van der Waals surface area contributed by atoms with Crippen molar-refractivity contribution in [3.8, 4) is 5.75 Å². The number of hydrogen-bond donors (Lipinski definition) is 1. The molecule has 0 bridgehead atoms. The van der Waals surface area contributed by atoms with E-state index in [2.05, 4.69) is 5.32 Å². The molecule has 1 aliphatic heterocycles. The van der Waals surface area contributed by atoms with Crippen molar-refractivity contribution in [2.75, 3.05) is 11.9 Å². The minimum absolute atomic E-state index is 0.127. The van der Waals surface area contributed by atoms with Crippen LogP contribution in [0.3, 0.4) is 0 Å². The van der Waals surface area contributed by atoms with E-state index in [1.807, 2.05) is 18.2 Å². The van der Waals surface area contributed by atoms with Gasteiger partial charge in [-0.25, -0.2) is 0 Å². The van der Waals surface area contributed by atoms with Crippen molar-refractivity contribution in [3.05, 3.63) is 96.8 Å². The Morgan fingerprint density at radius 3 is 2.22 bits per heavy atom. The first-order chi connectivity index (χ1) is 17.2. The average molecular weight is 582 g/mol. The van der Waals surface area contributed by atoms with Crippen molar-refractivity contribution >= 4 is 87.0 Å². The van der Waals surface area contributed by atoms with Gasteiger partial charge in [0.05, 0.1) is 25.7 Å². The molecular formula is C25H16Cl4N2O4S. The minimum Gasteiger partial charge on any atom is -0.486 e. The second-order valence-corrected chi connectivity index (χ2v) is 10.1. The van der Waals surface area contributed by atoms with Gasteiger partial charge in [-0.2, -0.15) is 0 Å². The largest absolute Gasteiger partial charge is 0.486 e. The molecule has 1 N–H and O–H groups in total. The quantitative estimate of drug-likeness (QED) is 0.291. The molecule has 3 aromatic carbocycles.